The summed E-state index contributed by atoms with van der Waals surface area (Å²) in [6.07, 6.45) is 6.71. The number of nitriles is 1. The number of halogens is 2. The molecular weight excluding hydrogens is 491 g/mol. The highest BCUT2D eigenvalue weighted by atomic mass is 127. The third kappa shape index (κ3) is 5.41. The van der Waals surface area contributed by atoms with E-state index >= 15 is 0 Å². The third-order valence-electron chi connectivity index (χ3n) is 3.68. The zero-order valence-electron chi connectivity index (χ0n) is 15.2. The van der Waals surface area contributed by atoms with Gasteiger partial charge in [0.05, 0.1) is 10.7 Å². The van der Waals surface area contributed by atoms with Crippen molar-refractivity contribution in [2.75, 3.05) is 19.0 Å². The molecule has 0 aliphatic heterocycles. The first-order valence-corrected chi connectivity index (χ1v) is 9.48. The Balaban J connectivity index is 2.34. The van der Waals surface area contributed by atoms with E-state index in [1.54, 1.807) is 30.3 Å². The number of rotatable bonds is 6. The van der Waals surface area contributed by atoms with Gasteiger partial charge in [-0.1, -0.05) is 23.6 Å². The van der Waals surface area contributed by atoms with Gasteiger partial charge in [0.25, 0.3) is 5.91 Å². The molecule has 0 aromatic heterocycles. The standard InChI is InChI=1S/C21H16ClIN2O3/c1-4-7-28-20-17(23)9-14(10-19(20)27-3)8-15(12-24)21(26)25-18-11-16(22)6-5-13(18)2/h1,5-6,8-11H,7H2,2-3H3,(H,25,26)/b15-8+. The van der Waals surface area contributed by atoms with E-state index in [1.165, 1.54) is 13.2 Å². The lowest BCUT2D eigenvalue weighted by Gasteiger charge is -2.12. The second kappa shape index (κ2) is 10.0. The number of ether oxygens (including phenoxy) is 2. The Morgan fingerprint density at radius 2 is 2.14 bits per heavy atom. The molecule has 2 rings (SSSR count). The molecule has 28 heavy (non-hydrogen) atoms. The minimum Gasteiger partial charge on any atom is -0.493 e. The second-order valence-electron chi connectivity index (χ2n) is 5.61. The normalized spacial score (nSPS) is 10.6. The number of terminal acetylenes is 1. The summed E-state index contributed by atoms with van der Waals surface area (Å²) in [7, 11) is 1.50. The lowest BCUT2D eigenvalue weighted by Crippen LogP contribution is -2.14. The molecule has 0 radical (unpaired) electrons. The van der Waals surface area contributed by atoms with Crippen molar-refractivity contribution in [1.29, 1.82) is 5.26 Å². The summed E-state index contributed by atoms with van der Waals surface area (Å²) in [5.41, 5.74) is 1.93. The van der Waals surface area contributed by atoms with Gasteiger partial charge in [-0.25, -0.2) is 0 Å². The molecule has 0 saturated heterocycles. The average Bonchev–Trinajstić information content (AvgIpc) is 2.67. The molecule has 0 spiro atoms. The number of nitrogens with zero attached hydrogens (tertiary/aromatic N) is 1. The fraction of sp³-hybridized carbons (Fsp3) is 0.143. The maximum atomic E-state index is 12.5. The van der Waals surface area contributed by atoms with Crippen LogP contribution in [0.2, 0.25) is 5.02 Å². The van der Waals surface area contributed by atoms with Crippen molar-refractivity contribution in [3.8, 4) is 29.9 Å². The summed E-state index contributed by atoms with van der Waals surface area (Å²) in [5, 5.41) is 12.6. The van der Waals surface area contributed by atoms with E-state index in [-0.39, 0.29) is 12.2 Å². The number of amides is 1. The quantitative estimate of drug-likeness (QED) is 0.264. The molecule has 5 nitrogen and oxygen atoms in total. The van der Waals surface area contributed by atoms with Gasteiger partial charge in [0, 0.05) is 10.7 Å². The van der Waals surface area contributed by atoms with Gasteiger partial charge < -0.3 is 14.8 Å². The van der Waals surface area contributed by atoms with Gasteiger partial charge >= 0.3 is 0 Å². The molecule has 0 aliphatic rings. The Hall–Kier alpha value is -2.68. The third-order valence-corrected chi connectivity index (χ3v) is 4.71. The molecule has 0 atom stereocenters. The fourth-order valence-electron chi connectivity index (χ4n) is 2.31. The van der Waals surface area contributed by atoms with Crippen molar-refractivity contribution in [3.05, 3.63) is 55.6 Å². The first-order valence-electron chi connectivity index (χ1n) is 8.02. The molecule has 142 valence electrons. The topological polar surface area (TPSA) is 71.3 Å². The summed E-state index contributed by atoms with van der Waals surface area (Å²) in [5.74, 6) is 2.83. The summed E-state index contributed by atoms with van der Waals surface area (Å²) >= 11 is 8.05. The number of hydrogen-bond acceptors (Lipinski definition) is 4. The average molecular weight is 507 g/mol. The Morgan fingerprint density at radius 3 is 2.79 bits per heavy atom. The van der Waals surface area contributed by atoms with Crippen LogP contribution in [0, 0.1) is 34.2 Å². The number of carbonyl (C=O) groups excluding carboxylic acids is 1. The van der Waals surface area contributed by atoms with E-state index in [0.717, 1.165) is 9.13 Å². The monoisotopic (exact) mass is 506 g/mol. The first kappa shape index (κ1) is 21.6. The number of carbonyl (C=O) groups is 1. The Bertz CT molecular complexity index is 1020. The van der Waals surface area contributed by atoms with Crippen molar-refractivity contribution >= 4 is 51.9 Å². The van der Waals surface area contributed by atoms with Crippen LogP contribution in [0.15, 0.2) is 35.9 Å². The van der Waals surface area contributed by atoms with E-state index in [1.807, 2.05) is 13.0 Å². The maximum Gasteiger partial charge on any atom is 0.266 e. The van der Waals surface area contributed by atoms with E-state index in [9.17, 15) is 10.1 Å². The van der Waals surface area contributed by atoms with Crippen LogP contribution in [0.3, 0.4) is 0 Å². The number of methoxy groups -OCH3 is 1. The molecule has 1 N–H and O–H groups in total. The lowest BCUT2D eigenvalue weighted by atomic mass is 10.1. The minimum atomic E-state index is -0.533. The van der Waals surface area contributed by atoms with E-state index < -0.39 is 5.91 Å². The summed E-state index contributed by atoms with van der Waals surface area (Å²) in [4.78, 5) is 12.5. The molecule has 2 aromatic rings. The van der Waals surface area contributed by atoms with E-state index in [4.69, 9.17) is 27.5 Å². The molecule has 0 heterocycles. The maximum absolute atomic E-state index is 12.5. The van der Waals surface area contributed by atoms with Crippen LogP contribution < -0.4 is 14.8 Å². The lowest BCUT2D eigenvalue weighted by molar-refractivity contribution is -0.112. The molecule has 0 bridgehead atoms. The Morgan fingerprint density at radius 1 is 1.39 bits per heavy atom. The van der Waals surface area contributed by atoms with Gasteiger partial charge in [0.15, 0.2) is 11.5 Å². The van der Waals surface area contributed by atoms with Crippen LogP contribution in [0.4, 0.5) is 5.69 Å². The molecule has 0 saturated carbocycles. The van der Waals surface area contributed by atoms with Crippen LogP contribution in [0.1, 0.15) is 11.1 Å². The molecule has 2 aromatic carbocycles. The van der Waals surface area contributed by atoms with Gasteiger partial charge in [-0.2, -0.15) is 5.26 Å². The number of benzene rings is 2. The molecular formula is C21H16ClIN2O3. The predicted octanol–water partition coefficient (Wildman–Crippen LogP) is 4.82. The van der Waals surface area contributed by atoms with Gasteiger partial charge in [-0.15, -0.1) is 6.42 Å². The van der Waals surface area contributed by atoms with Crippen molar-refractivity contribution < 1.29 is 14.3 Å². The van der Waals surface area contributed by atoms with Gasteiger partial charge in [-0.3, -0.25) is 4.79 Å². The van der Waals surface area contributed by atoms with E-state index in [2.05, 4.69) is 33.8 Å². The molecule has 1 amide bonds. The molecule has 0 fully saturated rings. The van der Waals surface area contributed by atoms with Gasteiger partial charge in [0.2, 0.25) is 0 Å². The summed E-state index contributed by atoms with van der Waals surface area (Å²) in [6, 6.07) is 10.5. The van der Waals surface area contributed by atoms with Crippen LogP contribution >= 0.6 is 34.2 Å². The molecule has 0 unspecified atom stereocenters. The summed E-state index contributed by atoms with van der Waals surface area (Å²) in [6.45, 7) is 1.94. The summed E-state index contributed by atoms with van der Waals surface area (Å²) < 4.78 is 11.6. The van der Waals surface area contributed by atoms with Gasteiger partial charge in [-0.05, 0) is 71.0 Å². The highest BCUT2D eigenvalue weighted by molar-refractivity contribution is 14.1. The first-order chi connectivity index (χ1) is 13.4. The van der Waals surface area contributed by atoms with Crippen LogP contribution in [-0.4, -0.2) is 19.6 Å². The largest absolute Gasteiger partial charge is 0.493 e. The smallest absolute Gasteiger partial charge is 0.266 e. The van der Waals surface area contributed by atoms with Crippen molar-refractivity contribution in [3.63, 3.8) is 0 Å². The van der Waals surface area contributed by atoms with E-state index in [0.29, 0.717) is 27.8 Å². The Labute approximate surface area is 182 Å². The zero-order valence-corrected chi connectivity index (χ0v) is 18.1. The Kier molecular flexibility index (Phi) is 7.74. The highest BCUT2D eigenvalue weighted by Gasteiger charge is 2.14. The van der Waals surface area contributed by atoms with Crippen LogP contribution in [0.25, 0.3) is 6.08 Å². The SMILES string of the molecule is C#CCOc1c(I)cc(/C=C(\C#N)C(=O)Nc2cc(Cl)ccc2C)cc1OC. The van der Waals surface area contributed by atoms with Crippen LogP contribution in [0.5, 0.6) is 11.5 Å². The number of nitrogens with one attached hydrogen (secondary N) is 1. The zero-order chi connectivity index (χ0) is 20.7. The number of hydrogen-bond donors (Lipinski definition) is 1. The second-order valence-corrected chi connectivity index (χ2v) is 7.21. The van der Waals surface area contributed by atoms with Crippen molar-refractivity contribution in [2.24, 2.45) is 0 Å². The van der Waals surface area contributed by atoms with Crippen molar-refractivity contribution in [1.82, 2.24) is 0 Å². The molecule has 7 heteroatoms. The molecule has 0 aliphatic carbocycles. The predicted molar refractivity (Wildman–Crippen MR) is 118 cm³/mol. The fourth-order valence-corrected chi connectivity index (χ4v) is 3.26. The highest BCUT2D eigenvalue weighted by Crippen LogP contribution is 2.34. The van der Waals surface area contributed by atoms with Crippen molar-refractivity contribution in [2.45, 2.75) is 6.92 Å². The minimum absolute atomic E-state index is 0.0606. The number of aryl methyl sites for hydroxylation is 1. The van der Waals surface area contributed by atoms with Gasteiger partial charge in [0.1, 0.15) is 18.2 Å². The number of anilines is 1. The van der Waals surface area contributed by atoms with Crippen LogP contribution in [-0.2, 0) is 4.79 Å².